The lowest BCUT2D eigenvalue weighted by molar-refractivity contribution is -0.137. The highest BCUT2D eigenvalue weighted by Crippen LogP contribution is 2.30. The summed E-state index contributed by atoms with van der Waals surface area (Å²) in [5, 5.41) is 4.02. The molecule has 1 heterocycles. The molecule has 8 heteroatoms. The normalized spacial score (nSPS) is 11.7. The molecule has 0 saturated carbocycles. The zero-order valence-electron chi connectivity index (χ0n) is 12.9. The van der Waals surface area contributed by atoms with Crippen LogP contribution in [0.1, 0.15) is 5.56 Å². The summed E-state index contributed by atoms with van der Waals surface area (Å²) >= 11 is 0. The number of rotatable bonds is 2. The first-order valence-electron chi connectivity index (χ1n) is 7.02. The van der Waals surface area contributed by atoms with Gasteiger partial charge in [0.05, 0.1) is 16.8 Å². The van der Waals surface area contributed by atoms with Gasteiger partial charge in [0.2, 0.25) is 0 Å². The Morgan fingerprint density at radius 2 is 1.67 bits per heavy atom. The van der Waals surface area contributed by atoms with Gasteiger partial charge in [0.25, 0.3) is 0 Å². The zero-order valence-corrected chi connectivity index (χ0v) is 12.9. The second-order valence-corrected chi connectivity index (χ2v) is 5.42. The highest BCUT2D eigenvalue weighted by molar-refractivity contribution is 5.74. The molecular weight excluding hydrogens is 321 g/mol. The van der Waals surface area contributed by atoms with Gasteiger partial charge in [0.1, 0.15) is 5.52 Å². The van der Waals surface area contributed by atoms with Crippen LogP contribution in [0, 0.1) is 0 Å². The van der Waals surface area contributed by atoms with Crippen LogP contribution in [-0.2, 0) is 6.18 Å². The van der Waals surface area contributed by atoms with E-state index in [4.69, 9.17) is 0 Å². The molecule has 24 heavy (non-hydrogen) atoms. The number of halogens is 3. The van der Waals surface area contributed by atoms with Crippen molar-refractivity contribution in [3.05, 3.63) is 58.5 Å². The first-order valence-corrected chi connectivity index (χ1v) is 7.02. The fourth-order valence-electron chi connectivity index (χ4n) is 2.24. The van der Waals surface area contributed by atoms with Crippen LogP contribution >= 0.6 is 0 Å². The van der Waals surface area contributed by atoms with Crippen LogP contribution in [0.5, 0.6) is 0 Å². The Kier molecular flexibility index (Phi) is 3.75. The maximum Gasteiger partial charge on any atom is 0.416 e. The fraction of sp³-hybridized carbons (Fsp3) is 0.188. The lowest BCUT2D eigenvalue weighted by atomic mass is 10.2. The van der Waals surface area contributed by atoms with Gasteiger partial charge in [-0.1, -0.05) is 0 Å². The molecular formula is C16H13F3N4O. The molecule has 0 unspecified atom stereocenters. The van der Waals surface area contributed by atoms with E-state index in [1.54, 1.807) is 24.3 Å². The smallest absolute Gasteiger partial charge is 0.378 e. The highest BCUT2D eigenvalue weighted by Gasteiger charge is 2.30. The number of anilines is 1. The minimum absolute atomic E-state index is 0.00103. The van der Waals surface area contributed by atoms with Crippen molar-refractivity contribution in [2.24, 2.45) is 0 Å². The molecule has 0 amide bonds. The lowest BCUT2D eigenvalue weighted by Crippen LogP contribution is -2.24. The van der Waals surface area contributed by atoms with Crippen LogP contribution in [0.25, 0.3) is 16.7 Å². The third kappa shape index (κ3) is 2.94. The van der Waals surface area contributed by atoms with Gasteiger partial charge in [-0.15, -0.1) is 0 Å². The van der Waals surface area contributed by atoms with Crippen LogP contribution in [-0.4, -0.2) is 28.9 Å². The molecule has 3 aromatic rings. The molecule has 0 aliphatic carbocycles. The molecule has 0 radical (unpaired) electrons. The predicted molar refractivity (Wildman–Crippen MR) is 84.5 cm³/mol. The second-order valence-electron chi connectivity index (χ2n) is 5.42. The fourth-order valence-corrected chi connectivity index (χ4v) is 2.24. The van der Waals surface area contributed by atoms with Crippen molar-refractivity contribution in [3.8, 4) is 5.69 Å². The number of fused-ring (bicyclic) bond motifs is 1. The van der Waals surface area contributed by atoms with Crippen LogP contribution < -0.4 is 10.6 Å². The quantitative estimate of drug-likeness (QED) is 0.723. The molecule has 0 saturated heterocycles. The first kappa shape index (κ1) is 16.0. The topological polar surface area (TPSA) is 51.0 Å². The van der Waals surface area contributed by atoms with E-state index in [0.29, 0.717) is 5.69 Å². The Balaban J connectivity index is 2.13. The van der Waals surface area contributed by atoms with E-state index in [2.05, 4.69) is 10.1 Å². The van der Waals surface area contributed by atoms with Crippen molar-refractivity contribution in [2.45, 2.75) is 6.18 Å². The molecule has 0 bridgehead atoms. The molecule has 0 atom stereocenters. The number of alkyl halides is 3. The summed E-state index contributed by atoms with van der Waals surface area (Å²) in [7, 11) is 3.74. The van der Waals surface area contributed by atoms with Crippen molar-refractivity contribution in [1.29, 1.82) is 0 Å². The molecule has 3 rings (SSSR count). The second kappa shape index (κ2) is 5.63. The van der Waals surface area contributed by atoms with Crippen molar-refractivity contribution >= 4 is 16.7 Å². The third-order valence-corrected chi connectivity index (χ3v) is 3.52. The van der Waals surface area contributed by atoms with Crippen LogP contribution in [0.3, 0.4) is 0 Å². The van der Waals surface area contributed by atoms with E-state index in [0.717, 1.165) is 28.6 Å². The molecule has 0 N–H and O–H groups in total. The summed E-state index contributed by atoms with van der Waals surface area (Å²) in [6.45, 7) is 0. The van der Waals surface area contributed by atoms with E-state index < -0.39 is 17.4 Å². The SMILES string of the molecule is CN(C)c1ccc(-n2nc3cc(C(F)(F)F)ccc3nc2=O)cc1. The molecule has 0 spiro atoms. The van der Waals surface area contributed by atoms with Crippen molar-refractivity contribution in [1.82, 2.24) is 14.8 Å². The van der Waals surface area contributed by atoms with E-state index >= 15 is 0 Å². The van der Waals surface area contributed by atoms with Gasteiger partial charge in [-0.05, 0) is 42.5 Å². The molecule has 0 aliphatic rings. The van der Waals surface area contributed by atoms with Crippen molar-refractivity contribution in [2.75, 3.05) is 19.0 Å². The largest absolute Gasteiger partial charge is 0.416 e. The van der Waals surface area contributed by atoms with E-state index in [1.165, 1.54) is 0 Å². The molecule has 0 fully saturated rings. The Morgan fingerprint density at radius 1 is 1.00 bits per heavy atom. The average Bonchev–Trinajstić information content (AvgIpc) is 2.53. The maximum absolute atomic E-state index is 12.8. The summed E-state index contributed by atoms with van der Waals surface area (Å²) in [5.41, 5.74) is -0.0232. The molecule has 2 aromatic carbocycles. The third-order valence-electron chi connectivity index (χ3n) is 3.52. The van der Waals surface area contributed by atoms with Crippen LogP contribution in [0.2, 0.25) is 0 Å². The van der Waals surface area contributed by atoms with Crippen LogP contribution in [0.4, 0.5) is 18.9 Å². The van der Waals surface area contributed by atoms with Gasteiger partial charge >= 0.3 is 11.9 Å². The number of nitrogens with zero attached hydrogens (tertiary/aromatic N) is 4. The monoisotopic (exact) mass is 334 g/mol. The van der Waals surface area contributed by atoms with Gasteiger partial charge in [-0.2, -0.15) is 27.9 Å². The van der Waals surface area contributed by atoms with E-state index in [-0.39, 0.29) is 11.0 Å². The number of benzene rings is 2. The highest BCUT2D eigenvalue weighted by atomic mass is 19.4. The Hall–Kier alpha value is -2.90. The number of hydrogen-bond acceptors (Lipinski definition) is 4. The van der Waals surface area contributed by atoms with Crippen LogP contribution in [0.15, 0.2) is 47.3 Å². The Bertz CT molecular complexity index is 946. The summed E-state index contributed by atoms with van der Waals surface area (Å²) < 4.78 is 39.4. The molecule has 5 nitrogen and oxygen atoms in total. The average molecular weight is 334 g/mol. The summed E-state index contributed by atoms with van der Waals surface area (Å²) in [6, 6.07) is 9.78. The number of aromatic nitrogens is 3. The Morgan fingerprint density at radius 3 is 2.25 bits per heavy atom. The molecule has 124 valence electrons. The maximum atomic E-state index is 12.8. The summed E-state index contributed by atoms with van der Waals surface area (Å²) in [4.78, 5) is 17.8. The van der Waals surface area contributed by atoms with Gasteiger partial charge in [0.15, 0.2) is 0 Å². The van der Waals surface area contributed by atoms with Gasteiger partial charge in [-0.3, -0.25) is 0 Å². The van der Waals surface area contributed by atoms with E-state index in [9.17, 15) is 18.0 Å². The standard InChI is InChI=1S/C16H13F3N4O/c1-22(2)11-4-6-12(7-5-11)23-15(24)20-13-8-3-10(16(17,18)19)9-14(13)21-23/h3-9H,1-2H3. The van der Waals surface area contributed by atoms with Gasteiger partial charge < -0.3 is 4.90 Å². The van der Waals surface area contributed by atoms with E-state index in [1.807, 2.05) is 19.0 Å². The van der Waals surface area contributed by atoms with Crippen molar-refractivity contribution < 1.29 is 13.2 Å². The molecule has 1 aromatic heterocycles. The lowest BCUT2D eigenvalue weighted by Gasteiger charge is -2.13. The molecule has 0 aliphatic heterocycles. The predicted octanol–water partition coefficient (Wildman–Crippen LogP) is 2.87. The van der Waals surface area contributed by atoms with Gasteiger partial charge in [-0.25, -0.2) is 4.79 Å². The Labute approximate surface area is 135 Å². The summed E-state index contributed by atoms with van der Waals surface area (Å²) in [5.74, 6) is 0. The summed E-state index contributed by atoms with van der Waals surface area (Å²) in [6.07, 6.45) is -4.48. The van der Waals surface area contributed by atoms with Crippen molar-refractivity contribution in [3.63, 3.8) is 0 Å². The number of hydrogen-bond donors (Lipinski definition) is 0. The van der Waals surface area contributed by atoms with Gasteiger partial charge in [0, 0.05) is 19.8 Å². The minimum atomic E-state index is -4.48. The first-order chi connectivity index (χ1) is 11.3. The minimum Gasteiger partial charge on any atom is -0.378 e. The zero-order chi connectivity index (χ0) is 17.5.